The summed E-state index contributed by atoms with van der Waals surface area (Å²) < 4.78 is 2.27. The smallest absolute Gasteiger partial charge is 0.239 e. The van der Waals surface area contributed by atoms with Gasteiger partial charge in [0.05, 0.1) is 5.75 Å². The Labute approximate surface area is 167 Å². The van der Waals surface area contributed by atoms with Crippen LogP contribution in [0.25, 0.3) is 0 Å². The van der Waals surface area contributed by atoms with E-state index in [1.807, 2.05) is 0 Å². The SMILES string of the molecule is O=C1CCCN1C(=O)CSc1nnc(Cc2cccs2)n1C1CCCCC1. The predicted molar refractivity (Wildman–Crippen MR) is 106 cm³/mol. The van der Waals surface area contributed by atoms with Gasteiger partial charge in [-0.2, -0.15) is 0 Å². The van der Waals surface area contributed by atoms with Gasteiger partial charge in [-0.3, -0.25) is 14.5 Å². The van der Waals surface area contributed by atoms with Gasteiger partial charge in [-0.05, 0) is 30.7 Å². The molecule has 6 nitrogen and oxygen atoms in total. The molecule has 3 heterocycles. The van der Waals surface area contributed by atoms with Gasteiger partial charge in [0.2, 0.25) is 11.8 Å². The molecule has 27 heavy (non-hydrogen) atoms. The van der Waals surface area contributed by atoms with Crippen LogP contribution in [0.4, 0.5) is 0 Å². The van der Waals surface area contributed by atoms with Crippen molar-refractivity contribution in [2.45, 2.75) is 62.6 Å². The molecule has 0 aromatic carbocycles. The van der Waals surface area contributed by atoms with Crippen LogP contribution in [0.5, 0.6) is 0 Å². The van der Waals surface area contributed by atoms with Gasteiger partial charge in [-0.25, -0.2) is 0 Å². The zero-order valence-corrected chi connectivity index (χ0v) is 16.9. The van der Waals surface area contributed by atoms with Crippen molar-refractivity contribution in [2.75, 3.05) is 12.3 Å². The van der Waals surface area contributed by atoms with Gasteiger partial charge in [-0.1, -0.05) is 37.1 Å². The molecule has 4 rings (SSSR count). The van der Waals surface area contributed by atoms with Crippen molar-refractivity contribution >= 4 is 34.9 Å². The minimum atomic E-state index is -0.111. The van der Waals surface area contributed by atoms with Crippen LogP contribution >= 0.6 is 23.1 Å². The standard InChI is InChI=1S/C19H24N4O2S2/c24-17-9-4-10-22(17)18(25)13-27-19-21-20-16(12-15-8-5-11-26-15)23(19)14-6-2-1-3-7-14/h5,8,11,14H,1-4,6-7,9-10,12-13H2. The van der Waals surface area contributed by atoms with E-state index < -0.39 is 0 Å². The highest BCUT2D eigenvalue weighted by Gasteiger charge is 2.28. The summed E-state index contributed by atoms with van der Waals surface area (Å²) in [5, 5.41) is 11.8. The maximum atomic E-state index is 12.4. The Hall–Kier alpha value is -1.67. The van der Waals surface area contributed by atoms with Gasteiger partial charge in [0.15, 0.2) is 5.16 Å². The van der Waals surface area contributed by atoms with Crippen molar-refractivity contribution < 1.29 is 9.59 Å². The van der Waals surface area contributed by atoms with E-state index in [2.05, 4.69) is 32.3 Å². The molecule has 1 aliphatic carbocycles. The minimum absolute atomic E-state index is 0.0484. The molecular formula is C19H24N4O2S2. The van der Waals surface area contributed by atoms with Gasteiger partial charge in [0.25, 0.3) is 0 Å². The van der Waals surface area contributed by atoms with Crippen LogP contribution in [0, 0.1) is 0 Å². The van der Waals surface area contributed by atoms with Crippen LogP contribution < -0.4 is 0 Å². The number of likely N-dealkylation sites (tertiary alicyclic amines) is 1. The molecule has 2 amide bonds. The zero-order valence-electron chi connectivity index (χ0n) is 15.3. The number of hydrogen-bond donors (Lipinski definition) is 0. The van der Waals surface area contributed by atoms with Gasteiger partial charge in [0, 0.05) is 30.3 Å². The third-order valence-corrected chi connectivity index (χ3v) is 7.09. The van der Waals surface area contributed by atoms with Crippen molar-refractivity contribution in [2.24, 2.45) is 0 Å². The molecule has 0 unspecified atom stereocenters. The molecule has 1 saturated heterocycles. The number of rotatable bonds is 6. The lowest BCUT2D eigenvalue weighted by atomic mass is 9.95. The average Bonchev–Trinajstić information content (AvgIpc) is 3.42. The molecule has 0 atom stereocenters. The summed E-state index contributed by atoms with van der Waals surface area (Å²) in [6, 6.07) is 4.59. The molecule has 8 heteroatoms. The fraction of sp³-hybridized carbons (Fsp3) is 0.579. The normalized spacial score (nSPS) is 18.4. The zero-order chi connectivity index (χ0) is 18.6. The topological polar surface area (TPSA) is 68.1 Å². The number of imide groups is 1. The first-order valence-electron chi connectivity index (χ1n) is 9.64. The van der Waals surface area contributed by atoms with Crippen LogP contribution in [-0.4, -0.2) is 43.8 Å². The van der Waals surface area contributed by atoms with E-state index in [9.17, 15) is 9.59 Å². The van der Waals surface area contributed by atoms with Gasteiger partial charge >= 0.3 is 0 Å². The number of nitrogens with zero attached hydrogens (tertiary/aromatic N) is 4. The highest BCUT2D eigenvalue weighted by atomic mass is 32.2. The summed E-state index contributed by atoms with van der Waals surface area (Å²) in [7, 11) is 0. The Bertz CT molecular complexity index is 797. The van der Waals surface area contributed by atoms with Gasteiger partial charge in [0.1, 0.15) is 5.82 Å². The number of amides is 2. The molecule has 1 aliphatic heterocycles. The van der Waals surface area contributed by atoms with Crippen LogP contribution in [0.2, 0.25) is 0 Å². The molecule has 0 spiro atoms. The van der Waals surface area contributed by atoms with Crippen molar-refractivity contribution in [3.63, 3.8) is 0 Å². The molecular weight excluding hydrogens is 380 g/mol. The summed E-state index contributed by atoms with van der Waals surface area (Å²) in [5.74, 6) is 1.07. The second-order valence-electron chi connectivity index (χ2n) is 7.15. The molecule has 2 aromatic rings. The summed E-state index contributed by atoms with van der Waals surface area (Å²) in [6.07, 6.45) is 8.07. The van der Waals surface area contributed by atoms with Crippen LogP contribution in [0.1, 0.15) is 61.7 Å². The molecule has 144 valence electrons. The molecule has 2 aliphatic rings. The van der Waals surface area contributed by atoms with Gasteiger partial charge in [-0.15, -0.1) is 21.5 Å². The second-order valence-corrected chi connectivity index (χ2v) is 9.12. The van der Waals surface area contributed by atoms with Gasteiger partial charge < -0.3 is 4.57 Å². The Morgan fingerprint density at radius 3 is 2.78 bits per heavy atom. The van der Waals surface area contributed by atoms with E-state index in [1.54, 1.807) is 11.3 Å². The quantitative estimate of drug-likeness (QED) is 0.687. The van der Waals surface area contributed by atoms with Crippen molar-refractivity contribution in [1.29, 1.82) is 0 Å². The predicted octanol–water partition coefficient (Wildman–Crippen LogP) is 3.68. The van der Waals surface area contributed by atoms with E-state index in [0.717, 1.165) is 36.7 Å². The van der Waals surface area contributed by atoms with Crippen LogP contribution in [0.15, 0.2) is 22.7 Å². The van der Waals surface area contributed by atoms with Crippen molar-refractivity contribution in [3.8, 4) is 0 Å². The lowest BCUT2D eigenvalue weighted by Gasteiger charge is -2.25. The summed E-state index contributed by atoms with van der Waals surface area (Å²) in [6.45, 7) is 0.553. The maximum absolute atomic E-state index is 12.4. The lowest BCUT2D eigenvalue weighted by Crippen LogP contribution is -2.33. The third-order valence-electron chi connectivity index (χ3n) is 5.29. The highest BCUT2D eigenvalue weighted by Crippen LogP contribution is 2.33. The number of carbonyl (C=O) groups excluding carboxylic acids is 2. The number of carbonyl (C=O) groups is 2. The van der Waals surface area contributed by atoms with E-state index in [1.165, 1.54) is 40.8 Å². The number of thiophene rings is 1. The summed E-state index contributed by atoms with van der Waals surface area (Å²) >= 11 is 3.15. The van der Waals surface area contributed by atoms with E-state index in [-0.39, 0.29) is 17.6 Å². The third kappa shape index (κ3) is 4.27. The summed E-state index contributed by atoms with van der Waals surface area (Å²) in [4.78, 5) is 26.9. The van der Waals surface area contributed by atoms with E-state index in [0.29, 0.717) is 19.0 Å². The Morgan fingerprint density at radius 1 is 1.22 bits per heavy atom. The Balaban J connectivity index is 1.51. The van der Waals surface area contributed by atoms with Crippen LogP contribution in [0.3, 0.4) is 0 Å². The monoisotopic (exact) mass is 404 g/mol. The minimum Gasteiger partial charge on any atom is -0.303 e. The first kappa shape index (κ1) is 18.7. The van der Waals surface area contributed by atoms with Crippen molar-refractivity contribution in [3.05, 3.63) is 28.2 Å². The first-order chi connectivity index (χ1) is 13.2. The maximum Gasteiger partial charge on any atom is 0.239 e. The largest absolute Gasteiger partial charge is 0.303 e. The molecule has 0 N–H and O–H groups in total. The lowest BCUT2D eigenvalue weighted by molar-refractivity contribution is -0.140. The van der Waals surface area contributed by atoms with Crippen LogP contribution in [-0.2, 0) is 16.0 Å². The highest BCUT2D eigenvalue weighted by molar-refractivity contribution is 7.99. The summed E-state index contributed by atoms with van der Waals surface area (Å²) in [5.41, 5.74) is 0. The molecule has 0 radical (unpaired) electrons. The molecule has 2 fully saturated rings. The average molecular weight is 405 g/mol. The Morgan fingerprint density at radius 2 is 2.07 bits per heavy atom. The molecule has 2 aromatic heterocycles. The van der Waals surface area contributed by atoms with E-state index >= 15 is 0 Å². The second kappa shape index (κ2) is 8.56. The first-order valence-corrected chi connectivity index (χ1v) is 11.5. The van der Waals surface area contributed by atoms with Crippen molar-refractivity contribution in [1.82, 2.24) is 19.7 Å². The fourth-order valence-corrected chi connectivity index (χ4v) is 5.52. The fourth-order valence-electron chi connectivity index (χ4n) is 3.92. The number of aromatic nitrogens is 3. The number of thioether (sulfide) groups is 1. The Kier molecular flexibility index (Phi) is 5.92. The molecule has 1 saturated carbocycles. The van der Waals surface area contributed by atoms with E-state index in [4.69, 9.17) is 0 Å². The number of hydrogen-bond acceptors (Lipinski definition) is 6. The molecule has 0 bridgehead atoms.